The molecular formula is C11H13FO2. The smallest absolute Gasteiger partial charge is 0.123 e. The largest absolute Gasteiger partial charge is 0.395 e. The molecule has 1 unspecified atom stereocenters. The van der Waals surface area contributed by atoms with E-state index in [4.69, 9.17) is 4.74 Å². The number of benzene rings is 1. The Bertz CT molecular complexity index is 302. The number of halogens is 1. The number of aliphatic hydroxyl groups is 1. The van der Waals surface area contributed by atoms with Gasteiger partial charge in [0.25, 0.3) is 0 Å². The standard InChI is InChI=1S/C11H13FO2/c12-10-3-1-9(2-4-10)11(7-13)5-6-14-8-11/h1-4,13H,5-8H2. The highest BCUT2D eigenvalue weighted by atomic mass is 19.1. The van der Waals surface area contributed by atoms with Crippen molar-refractivity contribution in [3.05, 3.63) is 35.6 Å². The molecule has 1 N–H and O–H groups in total. The van der Waals surface area contributed by atoms with Crippen molar-refractivity contribution in [3.8, 4) is 0 Å². The molecule has 1 saturated heterocycles. The van der Waals surface area contributed by atoms with E-state index < -0.39 is 0 Å². The minimum atomic E-state index is -0.312. The fourth-order valence-corrected chi connectivity index (χ4v) is 1.85. The van der Waals surface area contributed by atoms with Crippen LogP contribution in [0.2, 0.25) is 0 Å². The lowest BCUT2D eigenvalue weighted by Gasteiger charge is -2.25. The van der Waals surface area contributed by atoms with E-state index >= 15 is 0 Å². The Kier molecular flexibility index (Phi) is 2.52. The van der Waals surface area contributed by atoms with Gasteiger partial charge in [-0.15, -0.1) is 0 Å². The van der Waals surface area contributed by atoms with Crippen molar-refractivity contribution in [3.63, 3.8) is 0 Å². The summed E-state index contributed by atoms with van der Waals surface area (Å²) in [5, 5.41) is 9.37. The first-order chi connectivity index (χ1) is 6.77. The number of rotatable bonds is 2. The summed E-state index contributed by atoms with van der Waals surface area (Å²) in [5.74, 6) is -0.249. The van der Waals surface area contributed by atoms with Gasteiger partial charge in [-0.2, -0.15) is 0 Å². The van der Waals surface area contributed by atoms with Crippen molar-refractivity contribution in [1.82, 2.24) is 0 Å². The molecule has 1 aliphatic rings. The van der Waals surface area contributed by atoms with E-state index in [9.17, 15) is 9.50 Å². The molecule has 76 valence electrons. The first kappa shape index (κ1) is 9.62. The SMILES string of the molecule is OCC1(c2ccc(F)cc2)CCOC1. The van der Waals surface area contributed by atoms with E-state index in [1.54, 1.807) is 12.1 Å². The van der Waals surface area contributed by atoms with Gasteiger partial charge >= 0.3 is 0 Å². The Labute approximate surface area is 82.3 Å². The Morgan fingerprint density at radius 3 is 2.57 bits per heavy atom. The number of ether oxygens (including phenoxy) is 1. The van der Waals surface area contributed by atoms with Crippen LogP contribution in [-0.2, 0) is 10.2 Å². The number of hydrogen-bond acceptors (Lipinski definition) is 2. The van der Waals surface area contributed by atoms with Crippen LogP contribution in [-0.4, -0.2) is 24.9 Å². The lowest BCUT2D eigenvalue weighted by atomic mass is 9.81. The normalized spacial score (nSPS) is 26.7. The van der Waals surface area contributed by atoms with Gasteiger partial charge in [0.15, 0.2) is 0 Å². The molecule has 0 saturated carbocycles. The summed E-state index contributed by atoms with van der Waals surface area (Å²) in [4.78, 5) is 0. The highest BCUT2D eigenvalue weighted by molar-refractivity contribution is 5.27. The van der Waals surface area contributed by atoms with Crippen LogP contribution in [0.1, 0.15) is 12.0 Å². The maximum Gasteiger partial charge on any atom is 0.123 e. The van der Waals surface area contributed by atoms with Crippen molar-refractivity contribution < 1.29 is 14.2 Å². The van der Waals surface area contributed by atoms with E-state index in [1.807, 2.05) is 0 Å². The predicted octanol–water partition coefficient (Wildman–Crippen LogP) is 1.48. The minimum absolute atomic E-state index is 0.0542. The number of aliphatic hydroxyl groups excluding tert-OH is 1. The van der Waals surface area contributed by atoms with Crippen molar-refractivity contribution >= 4 is 0 Å². The molecule has 1 atom stereocenters. The zero-order chi connectivity index (χ0) is 10.0. The van der Waals surface area contributed by atoms with E-state index in [0.29, 0.717) is 13.2 Å². The van der Waals surface area contributed by atoms with Gasteiger partial charge < -0.3 is 9.84 Å². The van der Waals surface area contributed by atoms with Gasteiger partial charge in [0.05, 0.1) is 13.2 Å². The second-order valence-electron chi connectivity index (χ2n) is 3.75. The van der Waals surface area contributed by atoms with Gasteiger partial charge in [0, 0.05) is 12.0 Å². The first-order valence-corrected chi connectivity index (χ1v) is 4.71. The Morgan fingerprint density at radius 2 is 2.07 bits per heavy atom. The zero-order valence-electron chi connectivity index (χ0n) is 7.87. The molecule has 14 heavy (non-hydrogen) atoms. The molecule has 1 heterocycles. The molecule has 1 aromatic rings. The molecule has 0 aromatic heterocycles. The van der Waals surface area contributed by atoms with Crippen molar-refractivity contribution in [1.29, 1.82) is 0 Å². The molecular weight excluding hydrogens is 183 g/mol. The van der Waals surface area contributed by atoms with Gasteiger partial charge in [0.1, 0.15) is 5.82 Å². The Morgan fingerprint density at radius 1 is 1.36 bits per heavy atom. The molecule has 0 radical (unpaired) electrons. The predicted molar refractivity (Wildman–Crippen MR) is 50.6 cm³/mol. The quantitative estimate of drug-likeness (QED) is 0.776. The van der Waals surface area contributed by atoms with Gasteiger partial charge in [-0.05, 0) is 24.1 Å². The topological polar surface area (TPSA) is 29.5 Å². The summed E-state index contributed by atoms with van der Waals surface area (Å²) in [5.41, 5.74) is 0.646. The van der Waals surface area contributed by atoms with E-state index in [2.05, 4.69) is 0 Å². The van der Waals surface area contributed by atoms with Crippen LogP contribution in [0.15, 0.2) is 24.3 Å². The van der Waals surface area contributed by atoms with Crippen LogP contribution in [0.3, 0.4) is 0 Å². The third-order valence-corrected chi connectivity index (χ3v) is 2.86. The lowest BCUT2D eigenvalue weighted by Crippen LogP contribution is -2.30. The summed E-state index contributed by atoms with van der Waals surface area (Å²) in [6.45, 7) is 1.24. The molecule has 0 bridgehead atoms. The van der Waals surface area contributed by atoms with E-state index in [-0.39, 0.29) is 17.8 Å². The summed E-state index contributed by atoms with van der Waals surface area (Å²) >= 11 is 0. The Hall–Kier alpha value is -0.930. The molecule has 1 aromatic carbocycles. The summed E-state index contributed by atoms with van der Waals surface area (Å²) in [6.07, 6.45) is 0.801. The number of hydrogen-bond donors (Lipinski definition) is 1. The van der Waals surface area contributed by atoms with E-state index in [0.717, 1.165) is 12.0 Å². The Balaban J connectivity index is 2.31. The monoisotopic (exact) mass is 196 g/mol. The average Bonchev–Trinajstić information content (AvgIpc) is 2.68. The fraction of sp³-hybridized carbons (Fsp3) is 0.455. The summed E-state index contributed by atoms with van der Waals surface area (Å²) < 4.78 is 18.0. The molecule has 1 fully saturated rings. The van der Waals surface area contributed by atoms with E-state index in [1.165, 1.54) is 12.1 Å². The summed E-state index contributed by atoms with van der Waals surface area (Å²) in [7, 11) is 0. The minimum Gasteiger partial charge on any atom is -0.395 e. The van der Waals surface area contributed by atoms with Crippen LogP contribution >= 0.6 is 0 Å². The molecule has 2 nitrogen and oxygen atoms in total. The average molecular weight is 196 g/mol. The van der Waals surface area contributed by atoms with Gasteiger partial charge in [-0.25, -0.2) is 4.39 Å². The maximum absolute atomic E-state index is 12.7. The molecule has 3 heteroatoms. The van der Waals surface area contributed by atoms with Gasteiger partial charge in [-0.3, -0.25) is 0 Å². The van der Waals surface area contributed by atoms with Gasteiger partial charge in [-0.1, -0.05) is 12.1 Å². The van der Waals surface area contributed by atoms with Crippen LogP contribution in [0, 0.1) is 5.82 Å². The third-order valence-electron chi connectivity index (χ3n) is 2.86. The van der Waals surface area contributed by atoms with Crippen molar-refractivity contribution in [2.45, 2.75) is 11.8 Å². The maximum atomic E-state index is 12.7. The third kappa shape index (κ3) is 1.53. The first-order valence-electron chi connectivity index (χ1n) is 4.71. The van der Waals surface area contributed by atoms with Crippen molar-refractivity contribution in [2.24, 2.45) is 0 Å². The van der Waals surface area contributed by atoms with Gasteiger partial charge in [0.2, 0.25) is 0 Å². The molecule has 0 amide bonds. The lowest BCUT2D eigenvalue weighted by molar-refractivity contribution is 0.140. The van der Waals surface area contributed by atoms with Crippen LogP contribution in [0.5, 0.6) is 0 Å². The highest BCUT2D eigenvalue weighted by Gasteiger charge is 2.35. The second-order valence-corrected chi connectivity index (χ2v) is 3.75. The second kappa shape index (κ2) is 3.67. The van der Waals surface area contributed by atoms with Crippen LogP contribution in [0.25, 0.3) is 0 Å². The van der Waals surface area contributed by atoms with Crippen molar-refractivity contribution in [2.75, 3.05) is 19.8 Å². The highest BCUT2D eigenvalue weighted by Crippen LogP contribution is 2.32. The molecule has 1 aliphatic heterocycles. The summed E-state index contributed by atoms with van der Waals surface area (Å²) in [6, 6.07) is 6.29. The zero-order valence-corrected chi connectivity index (χ0v) is 7.87. The van der Waals surface area contributed by atoms with Crippen LogP contribution in [0.4, 0.5) is 4.39 Å². The van der Waals surface area contributed by atoms with Crippen LogP contribution < -0.4 is 0 Å². The molecule has 2 rings (SSSR count). The fourth-order valence-electron chi connectivity index (χ4n) is 1.85. The molecule has 0 aliphatic carbocycles. The molecule has 0 spiro atoms.